The summed E-state index contributed by atoms with van der Waals surface area (Å²) in [5.41, 5.74) is 0. The molecule has 2 aliphatic heterocycles. The van der Waals surface area contributed by atoms with E-state index >= 15 is 0 Å². The Balaban J connectivity index is 0.000000220. The standard InChI is InChI=1S/2C8H19N3/c2*1-10(2)7-8-11-5-3-9-4-6-11/h2*9H,3-8H2,1-2H3. The van der Waals surface area contributed by atoms with E-state index in [0.717, 1.165) is 26.2 Å². The lowest BCUT2D eigenvalue weighted by Gasteiger charge is -2.28. The Hall–Kier alpha value is -0.240. The molecule has 0 unspecified atom stereocenters. The molecule has 6 nitrogen and oxygen atoms in total. The van der Waals surface area contributed by atoms with E-state index in [-0.39, 0.29) is 0 Å². The summed E-state index contributed by atoms with van der Waals surface area (Å²) >= 11 is 0. The van der Waals surface area contributed by atoms with Gasteiger partial charge in [0.1, 0.15) is 0 Å². The van der Waals surface area contributed by atoms with Gasteiger partial charge in [-0.3, -0.25) is 9.80 Å². The van der Waals surface area contributed by atoms with Crippen molar-refractivity contribution in [2.24, 2.45) is 0 Å². The largest absolute Gasteiger partial charge is 0.314 e. The van der Waals surface area contributed by atoms with E-state index in [4.69, 9.17) is 0 Å². The number of nitrogens with one attached hydrogen (secondary N) is 2. The lowest BCUT2D eigenvalue weighted by atomic mass is 10.3. The fourth-order valence-corrected chi connectivity index (χ4v) is 2.55. The molecule has 0 radical (unpaired) electrons. The zero-order chi connectivity index (χ0) is 16.2. The molecule has 2 fully saturated rings. The molecule has 22 heavy (non-hydrogen) atoms. The van der Waals surface area contributed by atoms with Gasteiger partial charge >= 0.3 is 0 Å². The molecule has 2 saturated heterocycles. The first-order valence-corrected chi connectivity index (χ1v) is 8.73. The number of hydrogen-bond acceptors (Lipinski definition) is 6. The van der Waals surface area contributed by atoms with Gasteiger partial charge in [-0.25, -0.2) is 0 Å². The van der Waals surface area contributed by atoms with Crippen molar-refractivity contribution < 1.29 is 0 Å². The molecule has 0 atom stereocenters. The third kappa shape index (κ3) is 10.5. The minimum atomic E-state index is 1.16. The molecule has 0 aromatic rings. The van der Waals surface area contributed by atoms with Crippen molar-refractivity contribution in [3.05, 3.63) is 0 Å². The van der Waals surface area contributed by atoms with Gasteiger partial charge < -0.3 is 20.4 Å². The van der Waals surface area contributed by atoms with Crippen molar-refractivity contribution in [2.45, 2.75) is 0 Å². The van der Waals surface area contributed by atoms with E-state index in [2.05, 4.69) is 58.4 Å². The highest BCUT2D eigenvalue weighted by atomic mass is 15.2. The topological polar surface area (TPSA) is 37.0 Å². The number of rotatable bonds is 6. The third-order valence-corrected chi connectivity index (χ3v) is 4.15. The van der Waals surface area contributed by atoms with Crippen molar-refractivity contribution in [3.63, 3.8) is 0 Å². The van der Waals surface area contributed by atoms with E-state index in [0.29, 0.717) is 0 Å². The number of hydrogen-bond donors (Lipinski definition) is 2. The van der Waals surface area contributed by atoms with Crippen molar-refractivity contribution in [2.75, 3.05) is 107 Å². The van der Waals surface area contributed by atoms with Gasteiger partial charge in [-0.2, -0.15) is 0 Å². The van der Waals surface area contributed by atoms with Crippen molar-refractivity contribution in [1.29, 1.82) is 0 Å². The summed E-state index contributed by atoms with van der Waals surface area (Å²) in [6.07, 6.45) is 0. The van der Waals surface area contributed by atoms with Gasteiger partial charge in [-0.1, -0.05) is 0 Å². The predicted octanol–water partition coefficient (Wildman–Crippen LogP) is -1.09. The Labute approximate surface area is 137 Å². The summed E-state index contributed by atoms with van der Waals surface area (Å²) in [5, 5.41) is 6.69. The van der Waals surface area contributed by atoms with E-state index in [1.165, 1.54) is 52.4 Å². The molecular formula is C16H38N6. The van der Waals surface area contributed by atoms with Gasteiger partial charge in [0.15, 0.2) is 0 Å². The lowest BCUT2D eigenvalue weighted by molar-refractivity contribution is 0.217. The second kappa shape index (κ2) is 12.2. The molecule has 2 rings (SSSR count). The van der Waals surface area contributed by atoms with Gasteiger partial charge in [-0.05, 0) is 28.2 Å². The van der Waals surface area contributed by atoms with Gasteiger partial charge in [0, 0.05) is 78.5 Å². The Kier molecular flexibility index (Phi) is 11.0. The van der Waals surface area contributed by atoms with Gasteiger partial charge in [-0.15, -0.1) is 0 Å². The number of nitrogens with zero attached hydrogens (tertiary/aromatic N) is 4. The number of piperazine rings is 2. The minimum Gasteiger partial charge on any atom is -0.314 e. The van der Waals surface area contributed by atoms with Crippen LogP contribution in [0, 0.1) is 0 Å². The molecule has 132 valence electrons. The van der Waals surface area contributed by atoms with Gasteiger partial charge in [0.25, 0.3) is 0 Å². The maximum atomic E-state index is 3.35. The summed E-state index contributed by atoms with van der Waals surface area (Å²) < 4.78 is 0. The average Bonchev–Trinajstić information content (AvgIpc) is 2.53. The first-order valence-electron chi connectivity index (χ1n) is 8.73. The highest BCUT2D eigenvalue weighted by Gasteiger charge is 2.09. The molecule has 0 aromatic heterocycles. The average molecular weight is 315 g/mol. The Morgan fingerprint density at radius 3 is 1.23 bits per heavy atom. The van der Waals surface area contributed by atoms with Crippen LogP contribution in [0.2, 0.25) is 0 Å². The molecule has 6 heteroatoms. The highest BCUT2D eigenvalue weighted by molar-refractivity contribution is 4.68. The normalized spacial score (nSPS) is 21.0. The Bertz CT molecular complexity index is 221. The summed E-state index contributed by atoms with van der Waals surface area (Å²) in [7, 11) is 8.51. The van der Waals surface area contributed by atoms with Crippen LogP contribution in [0.3, 0.4) is 0 Å². The first kappa shape index (κ1) is 19.8. The lowest BCUT2D eigenvalue weighted by Crippen LogP contribution is -2.45. The second-order valence-corrected chi connectivity index (χ2v) is 6.79. The smallest absolute Gasteiger partial charge is 0.0110 e. The van der Waals surface area contributed by atoms with E-state index in [9.17, 15) is 0 Å². The van der Waals surface area contributed by atoms with Gasteiger partial charge in [0.2, 0.25) is 0 Å². The van der Waals surface area contributed by atoms with E-state index in [1.807, 2.05) is 0 Å². The molecule has 0 spiro atoms. The van der Waals surface area contributed by atoms with E-state index < -0.39 is 0 Å². The molecule has 2 heterocycles. The summed E-state index contributed by atoms with van der Waals surface area (Å²) in [6.45, 7) is 14.3. The fourth-order valence-electron chi connectivity index (χ4n) is 2.55. The molecule has 0 saturated carbocycles. The van der Waals surface area contributed by atoms with Crippen molar-refractivity contribution in [3.8, 4) is 0 Å². The van der Waals surface area contributed by atoms with Crippen LogP contribution < -0.4 is 10.6 Å². The summed E-state index contributed by atoms with van der Waals surface area (Å²) in [4.78, 5) is 9.50. The zero-order valence-corrected chi connectivity index (χ0v) is 15.3. The maximum Gasteiger partial charge on any atom is 0.0110 e. The zero-order valence-electron chi connectivity index (χ0n) is 15.3. The SMILES string of the molecule is CN(C)CCN1CCNCC1.CN(C)CCN1CCNCC1. The summed E-state index contributed by atoms with van der Waals surface area (Å²) in [6, 6.07) is 0. The molecule has 0 bridgehead atoms. The van der Waals surface area contributed by atoms with Crippen LogP contribution in [0.25, 0.3) is 0 Å². The highest BCUT2D eigenvalue weighted by Crippen LogP contribution is 1.92. The minimum absolute atomic E-state index is 1.16. The predicted molar refractivity (Wildman–Crippen MR) is 95.7 cm³/mol. The molecule has 0 aromatic carbocycles. The van der Waals surface area contributed by atoms with Crippen LogP contribution in [-0.4, -0.2) is 126 Å². The van der Waals surface area contributed by atoms with E-state index in [1.54, 1.807) is 0 Å². The third-order valence-electron chi connectivity index (χ3n) is 4.15. The first-order chi connectivity index (χ1) is 10.6. The Morgan fingerprint density at radius 1 is 0.636 bits per heavy atom. The van der Waals surface area contributed by atoms with Crippen molar-refractivity contribution in [1.82, 2.24) is 30.2 Å². The van der Waals surface area contributed by atoms with Crippen molar-refractivity contribution >= 4 is 0 Å². The van der Waals surface area contributed by atoms with Crippen LogP contribution in [0.15, 0.2) is 0 Å². The summed E-state index contributed by atoms with van der Waals surface area (Å²) in [5.74, 6) is 0. The molecule has 0 amide bonds. The van der Waals surface area contributed by atoms with Crippen LogP contribution in [0.4, 0.5) is 0 Å². The molecular weight excluding hydrogens is 276 g/mol. The number of likely N-dealkylation sites (N-methyl/N-ethyl adjacent to an activating group) is 2. The second-order valence-electron chi connectivity index (χ2n) is 6.79. The molecule has 0 aliphatic carbocycles. The Morgan fingerprint density at radius 2 is 0.955 bits per heavy atom. The fraction of sp³-hybridized carbons (Fsp3) is 1.00. The van der Waals surface area contributed by atoms with Crippen LogP contribution in [0.5, 0.6) is 0 Å². The molecule has 2 aliphatic rings. The maximum absolute atomic E-state index is 3.35. The van der Waals surface area contributed by atoms with Crippen LogP contribution >= 0.6 is 0 Å². The monoisotopic (exact) mass is 314 g/mol. The molecule has 2 N–H and O–H groups in total. The van der Waals surface area contributed by atoms with Gasteiger partial charge in [0.05, 0.1) is 0 Å². The quantitative estimate of drug-likeness (QED) is 0.649. The van der Waals surface area contributed by atoms with Crippen LogP contribution in [-0.2, 0) is 0 Å². The van der Waals surface area contributed by atoms with Crippen LogP contribution in [0.1, 0.15) is 0 Å².